The lowest BCUT2D eigenvalue weighted by molar-refractivity contribution is 0.396. The van der Waals surface area contributed by atoms with Crippen molar-refractivity contribution in [2.45, 2.75) is 26.8 Å². The summed E-state index contributed by atoms with van der Waals surface area (Å²) in [6.07, 6.45) is 1.29. The fourth-order valence-electron chi connectivity index (χ4n) is 3.09. The molecule has 1 aliphatic rings. The van der Waals surface area contributed by atoms with Crippen LogP contribution in [-0.4, -0.2) is 43.6 Å². The maximum atomic E-state index is 5.89. The molecule has 1 unspecified atom stereocenters. The first-order valence-electron chi connectivity index (χ1n) is 7.08. The number of nitrogens with two attached hydrogens (primary N) is 1. The Hall–Kier alpha value is -1.13. The molecule has 1 fully saturated rings. The summed E-state index contributed by atoms with van der Waals surface area (Å²) in [5.41, 5.74) is 10.5. The molecule has 1 aromatic heterocycles. The van der Waals surface area contributed by atoms with Gasteiger partial charge in [0.2, 0.25) is 0 Å². The summed E-state index contributed by atoms with van der Waals surface area (Å²) in [4.78, 5) is 9.28. The van der Waals surface area contributed by atoms with Crippen molar-refractivity contribution in [3.8, 4) is 0 Å². The first-order chi connectivity index (χ1) is 9.01. The van der Waals surface area contributed by atoms with Gasteiger partial charge in [0.15, 0.2) is 0 Å². The molecule has 0 aliphatic carbocycles. The number of aromatic nitrogens is 1. The van der Waals surface area contributed by atoms with E-state index in [4.69, 9.17) is 5.73 Å². The quantitative estimate of drug-likeness (QED) is 0.894. The summed E-state index contributed by atoms with van der Waals surface area (Å²) in [5.74, 6) is 0.759. The van der Waals surface area contributed by atoms with E-state index < -0.39 is 0 Å². The summed E-state index contributed by atoms with van der Waals surface area (Å²) in [6.45, 7) is 8.18. The largest absolute Gasteiger partial charge is 0.374 e. The third kappa shape index (κ3) is 3.25. The maximum absolute atomic E-state index is 5.89. The number of pyridine rings is 1. The van der Waals surface area contributed by atoms with E-state index in [1.54, 1.807) is 0 Å². The molecule has 4 nitrogen and oxygen atoms in total. The molecule has 106 valence electrons. The van der Waals surface area contributed by atoms with Gasteiger partial charge in [0, 0.05) is 49.3 Å². The first kappa shape index (κ1) is 14.3. The van der Waals surface area contributed by atoms with E-state index in [9.17, 15) is 0 Å². The van der Waals surface area contributed by atoms with Crippen LogP contribution in [0.2, 0.25) is 0 Å². The van der Waals surface area contributed by atoms with Crippen molar-refractivity contribution in [1.29, 1.82) is 0 Å². The Bertz CT molecular complexity index is 444. The van der Waals surface area contributed by atoms with Crippen LogP contribution in [0.15, 0.2) is 6.07 Å². The van der Waals surface area contributed by atoms with E-state index in [1.165, 1.54) is 30.8 Å². The summed E-state index contributed by atoms with van der Waals surface area (Å²) in [5, 5.41) is 0. The van der Waals surface area contributed by atoms with Gasteiger partial charge in [-0.3, -0.25) is 4.98 Å². The molecule has 0 aromatic carbocycles. The van der Waals surface area contributed by atoms with Crippen molar-refractivity contribution < 1.29 is 0 Å². The highest BCUT2D eigenvalue weighted by Crippen LogP contribution is 2.25. The predicted molar refractivity (Wildman–Crippen MR) is 80.5 cm³/mol. The minimum absolute atomic E-state index is 0.559. The molecule has 0 bridgehead atoms. The van der Waals surface area contributed by atoms with Crippen LogP contribution in [0.25, 0.3) is 0 Å². The highest BCUT2D eigenvalue weighted by atomic mass is 15.2. The maximum Gasteiger partial charge on any atom is 0.0445 e. The average molecular weight is 262 g/mol. The number of hydrogen-bond acceptors (Lipinski definition) is 4. The normalized spacial score (nSPS) is 19.9. The van der Waals surface area contributed by atoms with Gasteiger partial charge in [-0.1, -0.05) is 0 Å². The minimum atomic E-state index is 0.559. The topological polar surface area (TPSA) is 45.4 Å². The second-order valence-electron chi connectivity index (χ2n) is 5.85. The molecule has 1 saturated heterocycles. The number of hydrogen-bond donors (Lipinski definition) is 1. The van der Waals surface area contributed by atoms with Gasteiger partial charge in [-0.15, -0.1) is 0 Å². The van der Waals surface area contributed by atoms with Crippen molar-refractivity contribution in [2.75, 3.05) is 38.6 Å². The van der Waals surface area contributed by atoms with E-state index in [1.807, 2.05) is 6.92 Å². The Morgan fingerprint density at radius 3 is 2.79 bits per heavy atom. The molecule has 1 aliphatic heterocycles. The summed E-state index contributed by atoms with van der Waals surface area (Å²) in [7, 11) is 4.37. The zero-order valence-corrected chi connectivity index (χ0v) is 12.6. The van der Waals surface area contributed by atoms with Gasteiger partial charge in [0.1, 0.15) is 0 Å². The van der Waals surface area contributed by atoms with Crippen molar-refractivity contribution in [1.82, 2.24) is 9.88 Å². The van der Waals surface area contributed by atoms with Gasteiger partial charge in [0.25, 0.3) is 0 Å². The SMILES string of the molecule is Cc1cc(N(C)CC2CCN(C)C2)c(CN)c(C)n1. The zero-order valence-electron chi connectivity index (χ0n) is 12.6. The minimum Gasteiger partial charge on any atom is -0.374 e. The highest BCUT2D eigenvalue weighted by molar-refractivity contribution is 5.55. The number of nitrogens with zero attached hydrogens (tertiary/aromatic N) is 3. The number of anilines is 1. The van der Waals surface area contributed by atoms with Gasteiger partial charge < -0.3 is 15.5 Å². The van der Waals surface area contributed by atoms with Gasteiger partial charge >= 0.3 is 0 Å². The lowest BCUT2D eigenvalue weighted by Crippen LogP contribution is -2.28. The Morgan fingerprint density at radius 1 is 1.47 bits per heavy atom. The Morgan fingerprint density at radius 2 is 2.21 bits per heavy atom. The molecule has 0 saturated carbocycles. The van der Waals surface area contributed by atoms with Crippen LogP contribution < -0.4 is 10.6 Å². The lowest BCUT2D eigenvalue weighted by atomic mass is 10.1. The summed E-state index contributed by atoms with van der Waals surface area (Å²) >= 11 is 0. The standard InChI is InChI=1S/C15H26N4/c1-11-7-15(14(8-16)12(2)17-11)19(4)10-13-5-6-18(3)9-13/h7,13H,5-6,8-10,16H2,1-4H3. The monoisotopic (exact) mass is 262 g/mol. The summed E-state index contributed by atoms with van der Waals surface area (Å²) < 4.78 is 0. The van der Waals surface area contributed by atoms with E-state index in [-0.39, 0.29) is 0 Å². The molecular formula is C15H26N4. The molecular weight excluding hydrogens is 236 g/mol. The van der Waals surface area contributed by atoms with Gasteiger partial charge in [-0.2, -0.15) is 0 Å². The summed E-state index contributed by atoms with van der Waals surface area (Å²) in [6, 6.07) is 2.16. The van der Waals surface area contributed by atoms with Gasteiger partial charge in [-0.05, 0) is 45.8 Å². The second-order valence-corrected chi connectivity index (χ2v) is 5.85. The fraction of sp³-hybridized carbons (Fsp3) is 0.667. The van der Waals surface area contributed by atoms with E-state index in [0.29, 0.717) is 6.54 Å². The molecule has 0 amide bonds. The Labute approximate surface area is 116 Å². The van der Waals surface area contributed by atoms with E-state index >= 15 is 0 Å². The van der Waals surface area contributed by atoms with Crippen LogP contribution in [-0.2, 0) is 6.54 Å². The fourth-order valence-corrected chi connectivity index (χ4v) is 3.09. The Kier molecular flexibility index (Phi) is 4.42. The van der Waals surface area contributed by atoms with Crippen LogP contribution in [0.5, 0.6) is 0 Å². The van der Waals surface area contributed by atoms with Crippen molar-refractivity contribution in [2.24, 2.45) is 11.7 Å². The van der Waals surface area contributed by atoms with Crippen LogP contribution in [0.4, 0.5) is 5.69 Å². The molecule has 0 spiro atoms. The molecule has 0 radical (unpaired) electrons. The first-order valence-corrected chi connectivity index (χ1v) is 7.08. The predicted octanol–water partition coefficient (Wildman–Crippen LogP) is 1.55. The van der Waals surface area contributed by atoms with Crippen molar-refractivity contribution in [3.63, 3.8) is 0 Å². The number of likely N-dealkylation sites (tertiary alicyclic amines) is 1. The average Bonchev–Trinajstić information content (AvgIpc) is 2.73. The molecule has 4 heteroatoms. The number of aryl methyl sites for hydroxylation is 2. The zero-order chi connectivity index (χ0) is 14.0. The molecule has 1 atom stereocenters. The number of rotatable bonds is 4. The highest BCUT2D eigenvalue weighted by Gasteiger charge is 2.22. The Balaban J connectivity index is 2.16. The van der Waals surface area contributed by atoms with Crippen LogP contribution in [0, 0.1) is 19.8 Å². The molecule has 2 rings (SSSR count). The van der Waals surface area contributed by atoms with Crippen LogP contribution in [0.1, 0.15) is 23.4 Å². The smallest absolute Gasteiger partial charge is 0.0445 e. The van der Waals surface area contributed by atoms with E-state index in [0.717, 1.165) is 23.9 Å². The molecule has 2 heterocycles. The molecule has 2 N–H and O–H groups in total. The van der Waals surface area contributed by atoms with Crippen LogP contribution in [0.3, 0.4) is 0 Å². The van der Waals surface area contributed by atoms with Gasteiger partial charge in [0.05, 0.1) is 0 Å². The third-order valence-corrected chi connectivity index (χ3v) is 4.07. The third-order valence-electron chi connectivity index (χ3n) is 4.07. The molecule has 1 aromatic rings. The van der Waals surface area contributed by atoms with E-state index in [2.05, 4.69) is 41.9 Å². The van der Waals surface area contributed by atoms with Crippen LogP contribution >= 0.6 is 0 Å². The van der Waals surface area contributed by atoms with Gasteiger partial charge in [-0.25, -0.2) is 0 Å². The van der Waals surface area contributed by atoms with Crippen molar-refractivity contribution in [3.05, 3.63) is 23.0 Å². The second kappa shape index (κ2) is 5.88. The van der Waals surface area contributed by atoms with Crippen molar-refractivity contribution >= 4 is 5.69 Å². The molecule has 19 heavy (non-hydrogen) atoms. The lowest BCUT2D eigenvalue weighted by Gasteiger charge is -2.26.